The molecular weight excluding hydrogens is 318 g/mol. The summed E-state index contributed by atoms with van der Waals surface area (Å²) in [6.07, 6.45) is 4.80. The van der Waals surface area contributed by atoms with Crippen LogP contribution in [0.15, 0.2) is 78.3 Å². The number of hydrogen-bond acceptors (Lipinski definition) is 4. The molecule has 1 heterocycles. The molecule has 0 aliphatic rings. The van der Waals surface area contributed by atoms with E-state index >= 15 is 0 Å². The van der Waals surface area contributed by atoms with Crippen molar-refractivity contribution in [3.63, 3.8) is 0 Å². The smallest absolute Gasteiger partial charge is 0.410 e. The van der Waals surface area contributed by atoms with Crippen LogP contribution in [0.1, 0.15) is 16.1 Å². The van der Waals surface area contributed by atoms with Gasteiger partial charge in [0, 0.05) is 16.2 Å². The summed E-state index contributed by atoms with van der Waals surface area (Å²) in [5.41, 5.74) is 10.2. The van der Waals surface area contributed by atoms with E-state index in [9.17, 15) is 4.79 Å². The highest BCUT2D eigenvalue weighted by Gasteiger charge is 2.22. The van der Waals surface area contributed by atoms with Crippen molar-refractivity contribution in [1.29, 1.82) is 0 Å². The first-order chi connectivity index (χ1) is 12.3. The third-order valence-electron chi connectivity index (χ3n) is 3.43. The molecule has 0 atom stereocenters. The Morgan fingerprint density at radius 1 is 1.20 bits per heavy atom. The Hall–Kier alpha value is -3.70. The minimum Gasteiger partial charge on any atom is -0.419 e. The van der Waals surface area contributed by atoms with Crippen molar-refractivity contribution in [2.24, 2.45) is 5.11 Å². The van der Waals surface area contributed by atoms with Crippen LogP contribution in [0.3, 0.4) is 0 Å². The third-order valence-corrected chi connectivity index (χ3v) is 3.43. The summed E-state index contributed by atoms with van der Waals surface area (Å²) in [7, 11) is 0. The Bertz CT molecular complexity index is 937. The Kier molecular flexibility index (Phi) is 4.99. The van der Waals surface area contributed by atoms with E-state index in [1.54, 1.807) is 35.2 Å². The third kappa shape index (κ3) is 4.19. The second-order valence-corrected chi connectivity index (χ2v) is 5.15. The highest BCUT2D eigenvalue weighted by atomic mass is 16.5. The molecule has 122 valence electrons. The van der Waals surface area contributed by atoms with Crippen LogP contribution in [-0.2, 0) is 6.54 Å². The predicted octanol–water partition coefficient (Wildman–Crippen LogP) is 3.58. The highest BCUT2D eigenvalue weighted by Crippen LogP contribution is 2.20. The fourth-order valence-electron chi connectivity index (χ4n) is 2.30. The highest BCUT2D eigenvalue weighted by molar-refractivity contribution is 5.87. The van der Waals surface area contributed by atoms with Crippen LogP contribution < -0.4 is 9.30 Å². The topological polar surface area (TPSA) is 91.8 Å². The van der Waals surface area contributed by atoms with Gasteiger partial charge in [-0.05, 0) is 17.7 Å². The zero-order valence-electron chi connectivity index (χ0n) is 13.2. The maximum Gasteiger partial charge on any atom is 0.410 e. The second kappa shape index (κ2) is 7.72. The van der Waals surface area contributed by atoms with E-state index in [4.69, 9.17) is 10.3 Å². The SMILES string of the molecule is [N-]=[N+]=Nc1cccc(OC(=O)c2cncc[n+]2Cc2ccccc2)c1. The van der Waals surface area contributed by atoms with Gasteiger partial charge >= 0.3 is 11.7 Å². The summed E-state index contributed by atoms with van der Waals surface area (Å²) in [6, 6.07) is 16.2. The van der Waals surface area contributed by atoms with Crippen LogP contribution in [-0.4, -0.2) is 11.0 Å². The summed E-state index contributed by atoms with van der Waals surface area (Å²) in [5, 5.41) is 3.49. The van der Waals surface area contributed by atoms with E-state index in [0.717, 1.165) is 5.56 Å². The Labute approximate surface area is 143 Å². The van der Waals surface area contributed by atoms with Crippen molar-refractivity contribution >= 4 is 11.7 Å². The van der Waals surface area contributed by atoms with E-state index in [1.165, 1.54) is 12.3 Å². The van der Waals surface area contributed by atoms with Gasteiger partial charge in [0.1, 0.15) is 11.9 Å². The standard InChI is InChI=1S/C18H14N5O2/c19-22-21-15-7-4-8-16(11-15)25-18(24)17-12-20-9-10-23(17)13-14-5-2-1-3-6-14/h1-12H,13H2/q+1. The van der Waals surface area contributed by atoms with Crippen molar-refractivity contribution in [2.45, 2.75) is 6.54 Å². The predicted molar refractivity (Wildman–Crippen MR) is 90.2 cm³/mol. The lowest BCUT2D eigenvalue weighted by Gasteiger charge is -2.05. The van der Waals surface area contributed by atoms with Gasteiger partial charge < -0.3 is 4.74 Å². The molecule has 0 saturated carbocycles. The lowest BCUT2D eigenvalue weighted by Crippen LogP contribution is -2.42. The quantitative estimate of drug-likeness (QED) is 0.178. The number of ether oxygens (including phenoxy) is 1. The van der Waals surface area contributed by atoms with Gasteiger partial charge in [-0.2, -0.15) is 4.57 Å². The first-order valence-corrected chi connectivity index (χ1v) is 7.51. The fourth-order valence-corrected chi connectivity index (χ4v) is 2.30. The summed E-state index contributed by atoms with van der Waals surface area (Å²) >= 11 is 0. The maximum absolute atomic E-state index is 12.5. The Balaban J connectivity index is 1.83. The summed E-state index contributed by atoms with van der Waals surface area (Å²) in [4.78, 5) is 19.2. The fraction of sp³-hybridized carbons (Fsp3) is 0.0556. The number of azide groups is 1. The second-order valence-electron chi connectivity index (χ2n) is 5.15. The largest absolute Gasteiger partial charge is 0.419 e. The maximum atomic E-state index is 12.5. The molecule has 0 radical (unpaired) electrons. The van der Waals surface area contributed by atoms with Gasteiger partial charge in [-0.3, -0.25) is 4.98 Å². The van der Waals surface area contributed by atoms with Gasteiger partial charge in [-0.15, -0.1) is 0 Å². The molecule has 2 aromatic carbocycles. The number of rotatable bonds is 5. The van der Waals surface area contributed by atoms with Gasteiger partial charge in [-0.1, -0.05) is 47.6 Å². The molecule has 25 heavy (non-hydrogen) atoms. The van der Waals surface area contributed by atoms with Gasteiger partial charge in [0.2, 0.25) is 0 Å². The van der Waals surface area contributed by atoms with Gasteiger partial charge in [0.05, 0.1) is 6.20 Å². The van der Waals surface area contributed by atoms with Crippen LogP contribution in [0, 0.1) is 0 Å². The number of hydrogen-bond donors (Lipinski definition) is 0. The number of nitrogens with zero attached hydrogens (tertiary/aromatic N) is 5. The lowest BCUT2D eigenvalue weighted by molar-refractivity contribution is -0.691. The van der Waals surface area contributed by atoms with Crippen molar-refractivity contribution in [3.05, 3.63) is 94.9 Å². The minimum absolute atomic E-state index is 0.296. The number of carbonyl (C=O) groups excluding carboxylic acids is 1. The lowest BCUT2D eigenvalue weighted by atomic mass is 10.2. The van der Waals surface area contributed by atoms with Crippen molar-refractivity contribution in [3.8, 4) is 5.75 Å². The molecule has 0 aliphatic carbocycles. The summed E-state index contributed by atoms with van der Waals surface area (Å²) < 4.78 is 7.15. The molecule has 3 rings (SSSR count). The Morgan fingerprint density at radius 2 is 2.04 bits per heavy atom. The molecule has 0 N–H and O–H groups in total. The molecule has 7 heteroatoms. The van der Waals surface area contributed by atoms with Gasteiger partial charge in [0.15, 0.2) is 12.7 Å². The van der Waals surface area contributed by atoms with Crippen molar-refractivity contribution in [1.82, 2.24) is 4.98 Å². The van der Waals surface area contributed by atoms with E-state index in [2.05, 4.69) is 15.0 Å². The number of carbonyl (C=O) groups is 1. The monoisotopic (exact) mass is 332 g/mol. The molecule has 1 aromatic heterocycles. The number of esters is 1. The van der Waals surface area contributed by atoms with E-state index in [1.807, 2.05) is 30.3 Å². The van der Waals surface area contributed by atoms with E-state index < -0.39 is 5.97 Å². The van der Waals surface area contributed by atoms with Crippen LogP contribution >= 0.6 is 0 Å². The molecule has 0 bridgehead atoms. The van der Waals surface area contributed by atoms with Crippen LogP contribution in [0.5, 0.6) is 5.75 Å². The number of aromatic nitrogens is 2. The molecule has 0 amide bonds. The summed E-state index contributed by atoms with van der Waals surface area (Å²) in [6.45, 7) is 0.520. The molecule has 0 spiro atoms. The molecule has 7 nitrogen and oxygen atoms in total. The molecule has 0 aliphatic heterocycles. The minimum atomic E-state index is -0.540. The average molecular weight is 332 g/mol. The number of benzene rings is 2. The molecular formula is C18H14N5O2+. The molecule has 3 aromatic rings. The Morgan fingerprint density at radius 3 is 2.84 bits per heavy atom. The first kappa shape index (κ1) is 16.2. The van der Waals surface area contributed by atoms with Crippen molar-refractivity contribution < 1.29 is 14.1 Å². The average Bonchev–Trinajstić information content (AvgIpc) is 2.63. The zero-order valence-corrected chi connectivity index (χ0v) is 13.2. The molecule has 0 unspecified atom stereocenters. The van der Waals surface area contributed by atoms with E-state index in [-0.39, 0.29) is 0 Å². The van der Waals surface area contributed by atoms with E-state index in [0.29, 0.717) is 23.7 Å². The van der Waals surface area contributed by atoms with Gasteiger partial charge in [-0.25, -0.2) is 4.79 Å². The van der Waals surface area contributed by atoms with Gasteiger partial charge in [0.25, 0.3) is 0 Å². The normalized spacial score (nSPS) is 9.92. The first-order valence-electron chi connectivity index (χ1n) is 7.51. The van der Waals surface area contributed by atoms with Crippen molar-refractivity contribution in [2.75, 3.05) is 0 Å². The molecule has 0 fully saturated rings. The zero-order chi connectivity index (χ0) is 17.5. The van der Waals surface area contributed by atoms with Crippen LogP contribution in [0.25, 0.3) is 10.4 Å². The summed E-state index contributed by atoms with van der Waals surface area (Å²) in [5.74, 6) is -0.243. The van der Waals surface area contributed by atoms with Crippen LogP contribution in [0.4, 0.5) is 5.69 Å². The van der Waals surface area contributed by atoms with Crippen LogP contribution in [0.2, 0.25) is 0 Å². The molecule has 0 saturated heterocycles.